The van der Waals surface area contributed by atoms with Gasteiger partial charge in [-0.25, -0.2) is 9.59 Å². The van der Waals surface area contributed by atoms with E-state index in [4.69, 9.17) is 5.11 Å². The minimum Gasteiger partial charge on any atom is -0.478 e. The molecular formula is C16H15NO4. The van der Waals surface area contributed by atoms with E-state index in [0.717, 1.165) is 11.1 Å². The number of aryl methyl sites for hydroxylation is 2. The Hall–Kier alpha value is -2.82. The summed E-state index contributed by atoms with van der Waals surface area (Å²) < 4.78 is 0. The third kappa shape index (κ3) is 3.02. The summed E-state index contributed by atoms with van der Waals surface area (Å²) in [5, 5.41) is 21.4. The van der Waals surface area contributed by atoms with E-state index in [-0.39, 0.29) is 11.1 Å². The molecule has 0 saturated heterocycles. The first-order chi connectivity index (χ1) is 9.90. The monoisotopic (exact) mass is 285 g/mol. The molecule has 0 fully saturated rings. The summed E-state index contributed by atoms with van der Waals surface area (Å²) in [5.74, 6) is -2.13. The first kappa shape index (κ1) is 14.6. The third-order valence-corrected chi connectivity index (χ3v) is 3.29. The highest BCUT2D eigenvalue weighted by atomic mass is 16.4. The number of anilines is 2. The lowest BCUT2D eigenvalue weighted by molar-refractivity contribution is 0.0688. The predicted octanol–water partition coefficient (Wildman–Crippen LogP) is 3.44. The topological polar surface area (TPSA) is 86.6 Å². The lowest BCUT2D eigenvalue weighted by atomic mass is 10.0. The van der Waals surface area contributed by atoms with Gasteiger partial charge in [0.05, 0.1) is 22.5 Å². The molecule has 0 heterocycles. The van der Waals surface area contributed by atoms with Crippen molar-refractivity contribution in [2.75, 3.05) is 5.32 Å². The van der Waals surface area contributed by atoms with E-state index < -0.39 is 11.9 Å². The molecular weight excluding hydrogens is 270 g/mol. The Morgan fingerprint density at radius 2 is 1.43 bits per heavy atom. The molecule has 0 radical (unpaired) electrons. The molecule has 5 heteroatoms. The van der Waals surface area contributed by atoms with Crippen LogP contribution in [-0.2, 0) is 0 Å². The molecule has 108 valence electrons. The van der Waals surface area contributed by atoms with Gasteiger partial charge in [-0.05, 0) is 49.2 Å². The van der Waals surface area contributed by atoms with E-state index in [2.05, 4.69) is 5.32 Å². The summed E-state index contributed by atoms with van der Waals surface area (Å²) in [7, 11) is 0. The number of carboxylic acids is 2. The number of rotatable bonds is 4. The van der Waals surface area contributed by atoms with Crippen molar-refractivity contribution in [2.24, 2.45) is 0 Å². The van der Waals surface area contributed by atoms with Crippen LogP contribution in [0.4, 0.5) is 11.4 Å². The smallest absolute Gasteiger partial charge is 0.337 e. The number of nitrogens with one attached hydrogen (secondary N) is 1. The molecule has 2 rings (SSSR count). The molecule has 0 amide bonds. The zero-order valence-corrected chi connectivity index (χ0v) is 11.7. The Bertz CT molecular complexity index is 722. The van der Waals surface area contributed by atoms with Crippen molar-refractivity contribution >= 4 is 23.3 Å². The van der Waals surface area contributed by atoms with Crippen molar-refractivity contribution in [3.05, 3.63) is 58.7 Å². The van der Waals surface area contributed by atoms with E-state index in [1.54, 1.807) is 30.3 Å². The highest BCUT2D eigenvalue weighted by molar-refractivity contribution is 5.99. The van der Waals surface area contributed by atoms with Crippen LogP contribution >= 0.6 is 0 Å². The normalized spacial score (nSPS) is 10.2. The molecule has 0 aliphatic heterocycles. The molecule has 5 nitrogen and oxygen atoms in total. The number of carbonyl (C=O) groups is 2. The Kier molecular flexibility index (Phi) is 3.93. The highest BCUT2D eigenvalue weighted by Crippen LogP contribution is 2.26. The fourth-order valence-corrected chi connectivity index (χ4v) is 2.02. The van der Waals surface area contributed by atoms with Crippen LogP contribution in [0.2, 0.25) is 0 Å². The van der Waals surface area contributed by atoms with E-state index in [9.17, 15) is 14.7 Å². The van der Waals surface area contributed by atoms with Gasteiger partial charge in [-0.2, -0.15) is 0 Å². The first-order valence-electron chi connectivity index (χ1n) is 6.34. The molecule has 2 aromatic carbocycles. The van der Waals surface area contributed by atoms with Gasteiger partial charge in [0.15, 0.2) is 0 Å². The van der Waals surface area contributed by atoms with E-state index >= 15 is 0 Å². The SMILES string of the molecule is Cc1cc(Nc2ccccc2C(=O)O)c(C(=O)O)cc1C. The average Bonchev–Trinajstić information content (AvgIpc) is 2.42. The molecule has 0 bridgehead atoms. The number of hydrogen-bond donors (Lipinski definition) is 3. The van der Waals surface area contributed by atoms with Gasteiger partial charge in [-0.3, -0.25) is 0 Å². The standard InChI is InChI=1S/C16H15NO4/c1-9-7-12(16(20)21)14(8-10(9)2)17-13-6-4-3-5-11(13)15(18)19/h3-8,17H,1-2H3,(H,18,19)(H,20,21). The van der Waals surface area contributed by atoms with Gasteiger partial charge in [0.1, 0.15) is 0 Å². The molecule has 0 aromatic heterocycles. The van der Waals surface area contributed by atoms with Crippen LogP contribution in [0.1, 0.15) is 31.8 Å². The summed E-state index contributed by atoms with van der Waals surface area (Å²) in [5.41, 5.74) is 2.72. The van der Waals surface area contributed by atoms with Crippen LogP contribution in [0, 0.1) is 13.8 Å². The minimum absolute atomic E-state index is 0.0899. The molecule has 0 aliphatic rings. The fourth-order valence-electron chi connectivity index (χ4n) is 2.02. The second kappa shape index (κ2) is 5.66. The van der Waals surface area contributed by atoms with E-state index in [0.29, 0.717) is 11.4 Å². The van der Waals surface area contributed by atoms with Gasteiger partial charge in [-0.15, -0.1) is 0 Å². The number of hydrogen-bond acceptors (Lipinski definition) is 3. The summed E-state index contributed by atoms with van der Waals surface area (Å²) in [6, 6.07) is 9.65. The molecule has 0 aliphatic carbocycles. The maximum Gasteiger partial charge on any atom is 0.337 e. The second-order valence-electron chi connectivity index (χ2n) is 4.76. The molecule has 0 spiro atoms. The maximum atomic E-state index is 11.3. The molecule has 0 atom stereocenters. The van der Waals surface area contributed by atoms with Crippen LogP contribution in [0.5, 0.6) is 0 Å². The van der Waals surface area contributed by atoms with Crippen molar-refractivity contribution < 1.29 is 19.8 Å². The minimum atomic E-state index is -1.07. The number of para-hydroxylation sites is 1. The molecule has 3 N–H and O–H groups in total. The van der Waals surface area contributed by atoms with Crippen LogP contribution in [0.25, 0.3) is 0 Å². The van der Waals surface area contributed by atoms with E-state index in [1.165, 1.54) is 6.07 Å². The average molecular weight is 285 g/mol. The number of aromatic carboxylic acids is 2. The Balaban J connectivity index is 2.52. The van der Waals surface area contributed by atoms with Crippen molar-refractivity contribution in [2.45, 2.75) is 13.8 Å². The third-order valence-electron chi connectivity index (χ3n) is 3.29. The fraction of sp³-hybridized carbons (Fsp3) is 0.125. The zero-order valence-electron chi connectivity index (χ0n) is 11.7. The Morgan fingerprint density at radius 1 is 0.857 bits per heavy atom. The highest BCUT2D eigenvalue weighted by Gasteiger charge is 2.15. The zero-order chi connectivity index (χ0) is 15.6. The van der Waals surface area contributed by atoms with Crippen molar-refractivity contribution in [3.8, 4) is 0 Å². The molecule has 21 heavy (non-hydrogen) atoms. The van der Waals surface area contributed by atoms with Gasteiger partial charge >= 0.3 is 11.9 Å². The maximum absolute atomic E-state index is 11.3. The van der Waals surface area contributed by atoms with Gasteiger partial charge < -0.3 is 15.5 Å². The van der Waals surface area contributed by atoms with Crippen molar-refractivity contribution in [1.29, 1.82) is 0 Å². The van der Waals surface area contributed by atoms with Gasteiger partial charge in [0.2, 0.25) is 0 Å². The largest absolute Gasteiger partial charge is 0.478 e. The quantitative estimate of drug-likeness (QED) is 0.801. The number of carboxylic acid groups (broad SMARTS) is 2. The van der Waals surface area contributed by atoms with Crippen molar-refractivity contribution in [1.82, 2.24) is 0 Å². The van der Waals surface area contributed by atoms with Crippen LogP contribution in [0.3, 0.4) is 0 Å². The summed E-state index contributed by atoms with van der Waals surface area (Å²) >= 11 is 0. The summed E-state index contributed by atoms with van der Waals surface area (Å²) in [6.45, 7) is 3.70. The number of benzene rings is 2. The van der Waals surface area contributed by atoms with Gasteiger partial charge in [0.25, 0.3) is 0 Å². The summed E-state index contributed by atoms with van der Waals surface area (Å²) in [4.78, 5) is 22.5. The molecule has 2 aromatic rings. The first-order valence-corrected chi connectivity index (χ1v) is 6.34. The van der Waals surface area contributed by atoms with Crippen LogP contribution in [-0.4, -0.2) is 22.2 Å². The van der Waals surface area contributed by atoms with Crippen LogP contribution < -0.4 is 5.32 Å². The van der Waals surface area contributed by atoms with Gasteiger partial charge in [0, 0.05) is 0 Å². The van der Waals surface area contributed by atoms with E-state index in [1.807, 2.05) is 13.8 Å². The molecule has 0 unspecified atom stereocenters. The lowest BCUT2D eigenvalue weighted by Crippen LogP contribution is -2.07. The van der Waals surface area contributed by atoms with Crippen molar-refractivity contribution in [3.63, 3.8) is 0 Å². The Morgan fingerprint density at radius 3 is 2.05 bits per heavy atom. The summed E-state index contributed by atoms with van der Waals surface area (Å²) in [6.07, 6.45) is 0. The second-order valence-corrected chi connectivity index (χ2v) is 4.76. The van der Waals surface area contributed by atoms with Gasteiger partial charge in [-0.1, -0.05) is 12.1 Å². The predicted molar refractivity (Wildman–Crippen MR) is 79.6 cm³/mol. The van der Waals surface area contributed by atoms with Crippen LogP contribution in [0.15, 0.2) is 36.4 Å². The Labute approximate surface area is 121 Å². The lowest BCUT2D eigenvalue weighted by Gasteiger charge is -2.14. The molecule has 0 saturated carbocycles.